The second kappa shape index (κ2) is 6.49. The maximum absolute atomic E-state index is 11.4. The van der Waals surface area contributed by atoms with Crippen LogP contribution in [-0.2, 0) is 4.74 Å². The maximum atomic E-state index is 11.4. The number of benzene rings is 1. The minimum Gasteiger partial charge on any atom is -0.465 e. The van der Waals surface area contributed by atoms with Gasteiger partial charge >= 0.3 is 12.1 Å². The molecule has 1 amide bonds. The van der Waals surface area contributed by atoms with Crippen LogP contribution < -0.4 is 15.8 Å². The van der Waals surface area contributed by atoms with Crippen LogP contribution in [0.25, 0.3) is 0 Å². The molecule has 3 N–H and O–H groups in total. The third-order valence-electron chi connectivity index (χ3n) is 1.91. The summed E-state index contributed by atoms with van der Waals surface area (Å²) in [4.78, 5) is 22.7. The van der Waals surface area contributed by atoms with Gasteiger partial charge in [-0.15, -0.1) is 0 Å². The zero-order valence-corrected chi connectivity index (χ0v) is 9.43. The Morgan fingerprint density at radius 2 is 2.06 bits per heavy atom. The molecule has 1 aromatic carbocycles. The molecule has 17 heavy (non-hydrogen) atoms. The fourth-order valence-corrected chi connectivity index (χ4v) is 1.14. The number of hydrogen-bond donors (Lipinski definition) is 2. The van der Waals surface area contributed by atoms with E-state index in [0.717, 1.165) is 0 Å². The predicted octanol–water partition coefficient (Wildman–Crippen LogP) is 0.520. The summed E-state index contributed by atoms with van der Waals surface area (Å²) in [5.74, 6) is -0.416. The first kappa shape index (κ1) is 13.0. The number of nitrogens with one attached hydrogen (secondary N) is 1. The van der Waals surface area contributed by atoms with Gasteiger partial charge in [0.05, 0.1) is 7.11 Å². The number of methoxy groups -OCH3 is 1. The maximum Gasteiger partial charge on any atom is 0.412 e. The monoisotopic (exact) mass is 238 g/mol. The molecule has 0 aliphatic heterocycles. The van der Waals surface area contributed by atoms with Gasteiger partial charge in [-0.25, -0.2) is 9.59 Å². The number of hydrogen-bond acceptors (Lipinski definition) is 5. The molecule has 1 aromatic rings. The van der Waals surface area contributed by atoms with E-state index in [1.54, 1.807) is 12.1 Å². The average Bonchev–Trinajstić information content (AvgIpc) is 2.36. The number of amides is 1. The van der Waals surface area contributed by atoms with E-state index in [4.69, 9.17) is 10.5 Å². The van der Waals surface area contributed by atoms with Crippen LogP contribution >= 0.6 is 0 Å². The highest BCUT2D eigenvalue weighted by Crippen LogP contribution is 2.18. The second-order valence-electron chi connectivity index (χ2n) is 3.09. The zero-order valence-electron chi connectivity index (χ0n) is 9.43. The molecule has 6 nitrogen and oxygen atoms in total. The van der Waals surface area contributed by atoms with Crippen LogP contribution in [-0.4, -0.2) is 32.3 Å². The molecule has 0 fully saturated rings. The van der Waals surface area contributed by atoms with Crippen molar-refractivity contribution in [1.82, 2.24) is 5.32 Å². The molecular weight excluding hydrogens is 224 g/mol. The van der Waals surface area contributed by atoms with Crippen molar-refractivity contribution in [3.63, 3.8) is 0 Å². The average molecular weight is 238 g/mol. The van der Waals surface area contributed by atoms with Crippen molar-refractivity contribution >= 4 is 12.1 Å². The Bertz CT molecular complexity index is 406. The van der Waals surface area contributed by atoms with Crippen molar-refractivity contribution in [3.05, 3.63) is 29.8 Å². The minimum atomic E-state index is -0.660. The lowest BCUT2D eigenvalue weighted by Crippen LogP contribution is -2.31. The van der Waals surface area contributed by atoms with E-state index >= 15 is 0 Å². The largest absolute Gasteiger partial charge is 0.465 e. The summed E-state index contributed by atoms with van der Waals surface area (Å²) in [7, 11) is 1.26. The summed E-state index contributed by atoms with van der Waals surface area (Å²) >= 11 is 0. The number of para-hydroxylation sites is 1. The predicted molar refractivity (Wildman–Crippen MR) is 60.9 cm³/mol. The Kier molecular flexibility index (Phi) is 4.96. The van der Waals surface area contributed by atoms with Crippen molar-refractivity contribution in [1.29, 1.82) is 0 Å². The van der Waals surface area contributed by atoms with Crippen molar-refractivity contribution in [3.8, 4) is 5.75 Å². The molecule has 0 aromatic heterocycles. The molecule has 0 bridgehead atoms. The zero-order chi connectivity index (χ0) is 12.7. The molecular formula is C11H14N2O4. The van der Waals surface area contributed by atoms with Gasteiger partial charge in [0.2, 0.25) is 0 Å². The van der Waals surface area contributed by atoms with Crippen molar-refractivity contribution in [2.45, 2.75) is 0 Å². The van der Waals surface area contributed by atoms with Gasteiger partial charge in [0.25, 0.3) is 0 Å². The lowest BCUT2D eigenvalue weighted by atomic mass is 10.2. The summed E-state index contributed by atoms with van der Waals surface area (Å²) in [5.41, 5.74) is 5.42. The highest BCUT2D eigenvalue weighted by atomic mass is 16.6. The molecule has 0 aliphatic carbocycles. The van der Waals surface area contributed by atoms with Crippen LogP contribution in [0.1, 0.15) is 10.4 Å². The van der Waals surface area contributed by atoms with E-state index in [1.807, 2.05) is 0 Å². The van der Waals surface area contributed by atoms with E-state index in [9.17, 15) is 9.59 Å². The van der Waals surface area contributed by atoms with Crippen LogP contribution in [0.2, 0.25) is 0 Å². The van der Waals surface area contributed by atoms with Crippen LogP contribution in [0.15, 0.2) is 24.3 Å². The van der Waals surface area contributed by atoms with Crippen molar-refractivity contribution < 1.29 is 19.1 Å². The van der Waals surface area contributed by atoms with Gasteiger partial charge in [-0.3, -0.25) is 0 Å². The van der Waals surface area contributed by atoms with Gasteiger partial charge in [0, 0.05) is 13.1 Å². The van der Waals surface area contributed by atoms with E-state index in [0.29, 0.717) is 13.1 Å². The first-order valence-corrected chi connectivity index (χ1v) is 5.02. The molecule has 92 valence electrons. The molecule has 0 radical (unpaired) electrons. The summed E-state index contributed by atoms with van der Waals surface area (Å²) in [6.07, 6.45) is -0.660. The number of rotatable bonds is 4. The van der Waals surface area contributed by atoms with E-state index in [2.05, 4.69) is 10.1 Å². The Labute approximate surface area is 98.7 Å². The summed E-state index contributed by atoms with van der Waals surface area (Å²) in [6.45, 7) is 0.618. The SMILES string of the molecule is COC(=O)c1ccccc1OC(=O)NCCN. The Balaban J connectivity index is 2.76. The standard InChI is InChI=1S/C11H14N2O4/c1-16-10(14)8-4-2-3-5-9(8)17-11(15)13-7-6-12/h2-5H,6-7,12H2,1H3,(H,13,15). The van der Waals surface area contributed by atoms with Gasteiger partial charge in [-0.1, -0.05) is 12.1 Å². The summed E-state index contributed by atoms with van der Waals surface area (Å²) < 4.78 is 9.53. The fourth-order valence-electron chi connectivity index (χ4n) is 1.14. The Hall–Kier alpha value is -2.08. The summed E-state index contributed by atoms with van der Waals surface area (Å²) in [6, 6.07) is 6.32. The molecule has 1 rings (SSSR count). The Morgan fingerprint density at radius 3 is 2.71 bits per heavy atom. The molecule has 0 atom stereocenters. The lowest BCUT2D eigenvalue weighted by molar-refractivity contribution is 0.0598. The van der Waals surface area contributed by atoms with Crippen LogP contribution in [0.3, 0.4) is 0 Å². The van der Waals surface area contributed by atoms with Crippen LogP contribution in [0.5, 0.6) is 5.75 Å². The molecule has 0 unspecified atom stereocenters. The van der Waals surface area contributed by atoms with Crippen molar-refractivity contribution in [2.75, 3.05) is 20.2 Å². The number of esters is 1. The summed E-state index contributed by atoms with van der Waals surface area (Å²) in [5, 5.41) is 2.43. The van der Waals surface area contributed by atoms with Gasteiger partial charge in [0.1, 0.15) is 11.3 Å². The smallest absolute Gasteiger partial charge is 0.412 e. The first-order valence-electron chi connectivity index (χ1n) is 5.02. The van der Waals surface area contributed by atoms with Gasteiger partial charge in [-0.2, -0.15) is 0 Å². The van der Waals surface area contributed by atoms with Crippen molar-refractivity contribution in [2.24, 2.45) is 5.73 Å². The third kappa shape index (κ3) is 3.76. The van der Waals surface area contributed by atoms with Crippen LogP contribution in [0.4, 0.5) is 4.79 Å². The molecule has 0 aliphatic rings. The second-order valence-corrected chi connectivity index (χ2v) is 3.09. The highest BCUT2D eigenvalue weighted by Gasteiger charge is 2.14. The minimum absolute atomic E-state index is 0.147. The molecule has 0 saturated carbocycles. The van der Waals surface area contributed by atoms with E-state index < -0.39 is 12.1 Å². The molecule has 0 saturated heterocycles. The molecule has 6 heteroatoms. The number of carbonyl (C=O) groups is 2. The highest BCUT2D eigenvalue weighted by molar-refractivity contribution is 5.93. The van der Waals surface area contributed by atoms with Crippen LogP contribution in [0, 0.1) is 0 Å². The fraction of sp³-hybridized carbons (Fsp3) is 0.273. The lowest BCUT2D eigenvalue weighted by Gasteiger charge is -2.08. The topological polar surface area (TPSA) is 90.6 Å². The molecule has 0 heterocycles. The Morgan fingerprint density at radius 1 is 1.35 bits per heavy atom. The van der Waals surface area contributed by atoms with Gasteiger partial charge in [-0.05, 0) is 12.1 Å². The van der Waals surface area contributed by atoms with Gasteiger partial charge < -0.3 is 20.5 Å². The quantitative estimate of drug-likeness (QED) is 0.746. The normalized spacial score (nSPS) is 9.53. The number of ether oxygens (including phenoxy) is 2. The van der Waals surface area contributed by atoms with Gasteiger partial charge in [0.15, 0.2) is 0 Å². The third-order valence-corrected chi connectivity index (χ3v) is 1.91. The molecule has 0 spiro atoms. The van der Waals surface area contributed by atoms with E-state index in [1.165, 1.54) is 19.2 Å². The first-order chi connectivity index (χ1) is 8.19. The number of carbonyl (C=O) groups excluding carboxylic acids is 2. The number of nitrogens with two attached hydrogens (primary N) is 1. The van der Waals surface area contributed by atoms with E-state index in [-0.39, 0.29) is 11.3 Å².